The van der Waals surface area contributed by atoms with E-state index in [1.54, 1.807) is 0 Å². The van der Waals surface area contributed by atoms with Gasteiger partial charge < -0.3 is 4.98 Å². The molecule has 2 aromatic carbocycles. The van der Waals surface area contributed by atoms with Crippen LogP contribution in [0.25, 0.3) is 10.9 Å². The van der Waals surface area contributed by atoms with E-state index in [1.807, 2.05) is 35.0 Å². The molecule has 1 fully saturated rings. The van der Waals surface area contributed by atoms with Crippen molar-refractivity contribution in [2.24, 2.45) is 5.92 Å². The Balaban J connectivity index is 1.63. The SMILES string of the molecule is CCc1ccc2[nH]c(=O)c([C@H](c3nnnn3Cc3ccccc3)N3CCC[C@H](C)C3)cc2c1. The average Bonchev–Trinajstić information content (AvgIpc) is 3.27. The quantitative estimate of drug-likeness (QED) is 0.489. The minimum Gasteiger partial charge on any atom is -0.322 e. The second kappa shape index (κ2) is 9.27. The smallest absolute Gasteiger partial charge is 0.253 e. The van der Waals surface area contributed by atoms with Gasteiger partial charge in [-0.25, -0.2) is 4.68 Å². The number of H-pyrrole nitrogens is 1. The number of hydrogen-bond donors (Lipinski definition) is 1. The lowest BCUT2D eigenvalue weighted by atomic mass is 9.95. The van der Waals surface area contributed by atoms with E-state index < -0.39 is 0 Å². The van der Waals surface area contributed by atoms with Crippen molar-refractivity contribution >= 4 is 10.9 Å². The fourth-order valence-electron chi connectivity index (χ4n) is 4.93. The van der Waals surface area contributed by atoms with Gasteiger partial charge in [0.25, 0.3) is 5.56 Å². The van der Waals surface area contributed by atoms with Crippen LogP contribution >= 0.6 is 0 Å². The number of likely N-dealkylation sites (tertiary alicyclic amines) is 1. The van der Waals surface area contributed by atoms with Crippen LogP contribution in [-0.4, -0.2) is 43.2 Å². The lowest BCUT2D eigenvalue weighted by Gasteiger charge is -2.36. The van der Waals surface area contributed by atoms with Gasteiger partial charge in [-0.2, -0.15) is 0 Å². The highest BCUT2D eigenvalue weighted by molar-refractivity contribution is 5.80. The van der Waals surface area contributed by atoms with E-state index in [4.69, 9.17) is 0 Å². The highest BCUT2D eigenvalue weighted by atomic mass is 16.1. The van der Waals surface area contributed by atoms with Crippen LogP contribution in [0.4, 0.5) is 0 Å². The van der Waals surface area contributed by atoms with E-state index in [2.05, 4.69) is 63.5 Å². The van der Waals surface area contributed by atoms with Crippen LogP contribution in [0.5, 0.6) is 0 Å². The standard InChI is InChI=1S/C26H30N6O/c1-3-19-11-12-23-21(14-19)15-22(26(33)27-23)24(31-13-7-8-18(2)16-31)25-28-29-30-32(25)17-20-9-5-4-6-10-20/h4-6,9-12,14-15,18,24H,3,7-8,13,16-17H2,1-2H3,(H,27,33)/t18-,24+/m0/s1. The summed E-state index contributed by atoms with van der Waals surface area (Å²) in [7, 11) is 0. The first-order valence-electron chi connectivity index (χ1n) is 11.8. The fourth-order valence-corrected chi connectivity index (χ4v) is 4.93. The number of hydrogen-bond acceptors (Lipinski definition) is 5. The number of aromatic nitrogens is 5. The number of tetrazole rings is 1. The van der Waals surface area contributed by atoms with Gasteiger partial charge in [0.15, 0.2) is 5.82 Å². The number of benzene rings is 2. The van der Waals surface area contributed by atoms with E-state index in [0.717, 1.165) is 42.4 Å². The highest BCUT2D eigenvalue weighted by Crippen LogP contribution is 2.31. The van der Waals surface area contributed by atoms with Gasteiger partial charge in [-0.3, -0.25) is 9.69 Å². The molecule has 2 atom stereocenters. The molecule has 0 aliphatic carbocycles. The molecule has 0 saturated carbocycles. The molecule has 33 heavy (non-hydrogen) atoms. The largest absolute Gasteiger partial charge is 0.322 e. The molecule has 0 amide bonds. The first-order chi connectivity index (χ1) is 16.1. The van der Waals surface area contributed by atoms with Crippen LogP contribution in [0.15, 0.2) is 59.4 Å². The van der Waals surface area contributed by atoms with Crippen molar-refractivity contribution < 1.29 is 0 Å². The third-order valence-electron chi connectivity index (χ3n) is 6.67. The molecule has 1 aliphatic rings. The third kappa shape index (κ3) is 4.46. The number of pyridine rings is 1. The van der Waals surface area contributed by atoms with Gasteiger partial charge in [0.2, 0.25) is 0 Å². The predicted molar refractivity (Wildman–Crippen MR) is 129 cm³/mol. The number of nitrogens with one attached hydrogen (secondary N) is 1. The Bertz CT molecular complexity index is 1300. The molecule has 2 aromatic heterocycles. The molecule has 7 heteroatoms. The maximum atomic E-state index is 13.4. The van der Waals surface area contributed by atoms with Crippen molar-refractivity contribution in [1.29, 1.82) is 0 Å². The van der Waals surface area contributed by atoms with Gasteiger partial charge in [-0.05, 0) is 76.9 Å². The number of piperidine rings is 1. The van der Waals surface area contributed by atoms with Crippen LogP contribution in [-0.2, 0) is 13.0 Å². The predicted octanol–water partition coefficient (Wildman–Crippen LogP) is 3.95. The van der Waals surface area contributed by atoms with E-state index in [9.17, 15) is 4.79 Å². The number of fused-ring (bicyclic) bond motifs is 1. The Hall–Kier alpha value is -3.32. The maximum Gasteiger partial charge on any atom is 0.253 e. The summed E-state index contributed by atoms with van der Waals surface area (Å²) < 4.78 is 1.84. The summed E-state index contributed by atoms with van der Waals surface area (Å²) in [5.41, 5.74) is 3.85. The Morgan fingerprint density at radius 3 is 2.76 bits per heavy atom. The molecule has 170 valence electrons. The number of aryl methyl sites for hydroxylation is 1. The molecule has 7 nitrogen and oxygen atoms in total. The lowest BCUT2D eigenvalue weighted by Crippen LogP contribution is -2.41. The molecule has 0 radical (unpaired) electrons. The number of rotatable bonds is 6. The molecule has 0 unspecified atom stereocenters. The molecule has 0 spiro atoms. The molecule has 0 bridgehead atoms. The summed E-state index contributed by atoms with van der Waals surface area (Å²) in [5, 5.41) is 13.8. The van der Waals surface area contributed by atoms with Crippen LogP contribution in [0.2, 0.25) is 0 Å². The number of aromatic amines is 1. The van der Waals surface area contributed by atoms with Gasteiger partial charge >= 0.3 is 0 Å². The van der Waals surface area contributed by atoms with Crippen molar-refractivity contribution in [1.82, 2.24) is 30.1 Å². The van der Waals surface area contributed by atoms with Gasteiger partial charge in [0.1, 0.15) is 6.04 Å². The van der Waals surface area contributed by atoms with Crippen molar-refractivity contribution in [3.63, 3.8) is 0 Å². The summed E-state index contributed by atoms with van der Waals surface area (Å²) in [4.78, 5) is 18.8. The molecule has 1 aliphatic heterocycles. The first kappa shape index (κ1) is 21.5. The molecular formula is C26H30N6O. The zero-order chi connectivity index (χ0) is 22.8. The number of nitrogens with zero attached hydrogens (tertiary/aromatic N) is 5. The van der Waals surface area contributed by atoms with E-state index in [-0.39, 0.29) is 11.6 Å². The normalized spacial score (nSPS) is 17.9. The summed E-state index contributed by atoms with van der Waals surface area (Å²) >= 11 is 0. The molecule has 1 N–H and O–H groups in total. The van der Waals surface area contributed by atoms with Crippen LogP contribution in [0.3, 0.4) is 0 Å². The third-order valence-corrected chi connectivity index (χ3v) is 6.67. The summed E-state index contributed by atoms with van der Waals surface area (Å²) in [6.45, 7) is 6.81. The Labute approximate surface area is 193 Å². The molecule has 3 heterocycles. The van der Waals surface area contributed by atoms with Gasteiger partial charge in [0, 0.05) is 17.6 Å². The van der Waals surface area contributed by atoms with Crippen molar-refractivity contribution in [2.75, 3.05) is 13.1 Å². The monoisotopic (exact) mass is 442 g/mol. The van der Waals surface area contributed by atoms with Gasteiger partial charge in [-0.1, -0.05) is 50.2 Å². The topological polar surface area (TPSA) is 79.7 Å². The summed E-state index contributed by atoms with van der Waals surface area (Å²) in [5.74, 6) is 1.27. The Morgan fingerprint density at radius 1 is 1.12 bits per heavy atom. The lowest BCUT2D eigenvalue weighted by molar-refractivity contribution is 0.141. The Morgan fingerprint density at radius 2 is 1.97 bits per heavy atom. The molecule has 5 rings (SSSR count). The van der Waals surface area contributed by atoms with Crippen LogP contribution in [0, 0.1) is 5.92 Å². The van der Waals surface area contributed by atoms with Crippen molar-refractivity contribution in [3.8, 4) is 0 Å². The minimum absolute atomic E-state index is 0.0794. The van der Waals surface area contributed by atoms with E-state index in [0.29, 0.717) is 23.9 Å². The molecule has 4 aromatic rings. The average molecular weight is 443 g/mol. The van der Waals surface area contributed by atoms with Crippen molar-refractivity contribution in [2.45, 2.75) is 45.7 Å². The fraction of sp³-hybridized carbons (Fsp3) is 0.385. The Kier molecular flexibility index (Phi) is 6.05. The molecule has 1 saturated heterocycles. The second-order valence-corrected chi connectivity index (χ2v) is 9.15. The minimum atomic E-state index is -0.301. The van der Waals surface area contributed by atoms with Gasteiger partial charge in [0.05, 0.1) is 6.54 Å². The van der Waals surface area contributed by atoms with Crippen LogP contribution < -0.4 is 5.56 Å². The van der Waals surface area contributed by atoms with E-state index in [1.165, 1.54) is 12.0 Å². The molecular weight excluding hydrogens is 412 g/mol. The summed E-state index contributed by atoms with van der Waals surface area (Å²) in [6, 6.07) is 18.1. The zero-order valence-electron chi connectivity index (χ0n) is 19.2. The highest BCUT2D eigenvalue weighted by Gasteiger charge is 2.32. The van der Waals surface area contributed by atoms with Crippen LogP contribution in [0.1, 0.15) is 55.2 Å². The maximum absolute atomic E-state index is 13.4. The zero-order valence-corrected chi connectivity index (χ0v) is 19.2. The second-order valence-electron chi connectivity index (χ2n) is 9.15. The van der Waals surface area contributed by atoms with Gasteiger partial charge in [-0.15, -0.1) is 5.10 Å². The van der Waals surface area contributed by atoms with Crippen molar-refractivity contribution in [3.05, 3.63) is 87.5 Å². The first-order valence-corrected chi connectivity index (χ1v) is 11.8. The summed E-state index contributed by atoms with van der Waals surface area (Å²) in [6.07, 6.45) is 3.25. The van der Waals surface area contributed by atoms with E-state index >= 15 is 0 Å².